The average molecular weight is 531 g/mol. The van der Waals surface area contributed by atoms with Gasteiger partial charge < -0.3 is 9.84 Å². The van der Waals surface area contributed by atoms with Crippen LogP contribution in [-0.2, 0) is 15.6 Å². The SMILES string of the molecule is CCCCCCCCCCCCCCCCCCCCC(=O)Oc1cc(C(C)(C)C)c(O)c(C(C)(C)C)c1. The fraction of sp³-hybridized carbons (Fsp3) is 0.800. The summed E-state index contributed by atoms with van der Waals surface area (Å²) < 4.78 is 5.72. The van der Waals surface area contributed by atoms with E-state index in [0.29, 0.717) is 17.9 Å². The zero-order chi connectivity index (χ0) is 28.4. The summed E-state index contributed by atoms with van der Waals surface area (Å²) in [7, 11) is 0. The molecule has 1 aromatic carbocycles. The summed E-state index contributed by atoms with van der Waals surface area (Å²) in [5, 5.41) is 10.9. The van der Waals surface area contributed by atoms with Crippen molar-refractivity contribution in [3.63, 3.8) is 0 Å². The molecular formula is C35H62O3. The molecule has 38 heavy (non-hydrogen) atoms. The minimum absolute atomic E-state index is 0.174. The fourth-order valence-electron chi connectivity index (χ4n) is 5.16. The molecule has 0 amide bonds. The number of hydrogen-bond donors (Lipinski definition) is 1. The number of esters is 1. The van der Waals surface area contributed by atoms with E-state index < -0.39 is 0 Å². The molecule has 0 aliphatic heterocycles. The van der Waals surface area contributed by atoms with Gasteiger partial charge in [-0.25, -0.2) is 0 Å². The Kier molecular flexibility index (Phi) is 17.0. The molecule has 0 aromatic heterocycles. The molecule has 3 heteroatoms. The maximum atomic E-state index is 12.5. The van der Waals surface area contributed by atoms with Gasteiger partial charge in [-0.05, 0) is 29.4 Å². The molecule has 0 bridgehead atoms. The van der Waals surface area contributed by atoms with Crippen LogP contribution in [0.25, 0.3) is 0 Å². The number of phenolic OH excluding ortho intramolecular Hbond substituents is 1. The average Bonchev–Trinajstić information content (AvgIpc) is 2.82. The van der Waals surface area contributed by atoms with E-state index in [0.717, 1.165) is 24.0 Å². The van der Waals surface area contributed by atoms with Crippen LogP contribution in [0.2, 0.25) is 0 Å². The van der Waals surface area contributed by atoms with Crippen molar-refractivity contribution in [1.82, 2.24) is 0 Å². The molecule has 0 spiro atoms. The molecule has 0 aliphatic carbocycles. The van der Waals surface area contributed by atoms with Crippen LogP contribution in [0.15, 0.2) is 12.1 Å². The predicted octanol–water partition coefficient (Wildman–Crippen LogP) is 11.3. The van der Waals surface area contributed by atoms with Gasteiger partial charge in [0.05, 0.1) is 0 Å². The minimum Gasteiger partial charge on any atom is -0.507 e. The van der Waals surface area contributed by atoms with Crippen molar-refractivity contribution in [2.24, 2.45) is 0 Å². The first-order valence-electron chi connectivity index (χ1n) is 16.1. The van der Waals surface area contributed by atoms with E-state index >= 15 is 0 Å². The molecule has 220 valence electrons. The summed E-state index contributed by atoms with van der Waals surface area (Å²) in [6.45, 7) is 14.7. The van der Waals surface area contributed by atoms with Gasteiger partial charge in [0.2, 0.25) is 0 Å². The predicted molar refractivity (Wildman–Crippen MR) is 165 cm³/mol. The van der Waals surface area contributed by atoms with Gasteiger partial charge in [-0.1, -0.05) is 158 Å². The van der Waals surface area contributed by atoms with Crippen molar-refractivity contribution in [2.45, 2.75) is 181 Å². The van der Waals surface area contributed by atoms with Gasteiger partial charge in [0.1, 0.15) is 11.5 Å². The Morgan fingerprint density at radius 2 is 0.921 bits per heavy atom. The van der Waals surface area contributed by atoms with E-state index in [2.05, 4.69) is 48.5 Å². The lowest BCUT2D eigenvalue weighted by Gasteiger charge is -2.27. The van der Waals surface area contributed by atoms with Crippen LogP contribution in [-0.4, -0.2) is 11.1 Å². The second-order valence-electron chi connectivity index (χ2n) is 13.6. The van der Waals surface area contributed by atoms with Gasteiger partial charge in [-0.15, -0.1) is 0 Å². The third-order valence-electron chi connectivity index (χ3n) is 7.67. The lowest BCUT2D eigenvalue weighted by Crippen LogP contribution is -2.18. The molecule has 0 fully saturated rings. The van der Waals surface area contributed by atoms with Crippen molar-refractivity contribution in [3.8, 4) is 11.5 Å². The molecule has 1 N–H and O–H groups in total. The smallest absolute Gasteiger partial charge is 0.311 e. The van der Waals surface area contributed by atoms with E-state index in [4.69, 9.17) is 4.74 Å². The molecule has 0 unspecified atom stereocenters. The van der Waals surface area contributed by atoms with Crippen LogP contribution >= 0.6 is 0 Å². The summed E-state index contributed by atoms with van der Waals surface area (Å²) in [6.07, 6.45) is 24.5. The number of ether oxygens (including phenoxy) is 1. The van der Waals surface area contributed by atoms with E-state index in [9.17, 15) is 9.90 Å². The van der Waals surface area contributed by atoms with Gasteiger partial charge in [0.25, 0.3) is 0 Å². The number of rotatable bonds is 20. The summed E-state index contributed by atoms with van der Waals surface area (Å²) in [5.41, 5.74) is 1.17. The Morgan fingerprint density at radius 1 is 0.605 bits per heavy atom. The Balaban J connectivity index is 2.13. The van der Waals surface area contributed by atoms with E-state index in [-0.39, 0.29) is 16.8 Å². The zero-order valence-corrected chi connectivity index (χ0v) is 26.4. The number of aromatic hydroxyl groups is 1. The van der Waals surface area contributed by atoms with Crippen molar-refractivity contribution in [2.75, 3.05) is 0 Å². The molecule has 3 nitrogen and oxygen atoms in total. The van der Waals surface area contributed by atoms with Crippen LogP contribution in [0.3, 0.4) is 0 Å². The number of unbranched alkanes of at least 4 members (excludes halogenated alkanes) is 17. The highest BCUT2D eigenvalue weighted by molar-refractivity contribution is 5.72. The second kappa shape index (κ2) is 18.7. The highest BCUT2D eigenvalue weighted by atomic mass is 16.5. The maximum absolute atomic E-state index is 12.5. The molecule has 1 rings (SSSR count). The number of benzene rings is 1. The largest absolute Gasteiger partial charge is 0.507 e. The van der Waals surface area contributed by atoms with Crippen LogP contribution in [0.1, 0.15) is 182 Å². The quantitative estimate of drug-likeness (QED) is 0.104. The van der Waals surface area contributed by atoms with Gasteiger partial charge in [0.15, 0.2) is 0 Å². The van der Waals surface area contributed by atoms with Crippen LogP contribution in [0, 0.1) is 0 Å². The van der Waals surface area contributed by atoms with Crippen LogP contribution in [0.5, 0.6) is 11.5 Å². The molecule has 0 heterocycles. The molecule has 0 saturated carbocycles. The summed E-state index contributed by atoms with van der Waals surface area (Å²) >= 11 is 0. The second-order valence-corrected chi connectivity index (χ2v) is 13.6. The van der Waals surface area contributed by atoms with Gasteiger partial charge in [0, 0.05) is 17.5 Å². The van der Waals surface area contributed by atoms with Gasteiger partial charge >= 0.3 is 5.97 Å². The van der Waals surface area contributed by atoms with Crippen molar-refractivity contribution >= 4 is 5.97 Å². The highest BCUT2D eigenvalue weighted by Crippen LogP contribution is 2.41. The van der Waals surface area contributed by atoms with Crippen LogP contribution < -0.4 is 4.74 Å². The first kappa shape index (κ1) is 34.5. The monoisotopic (exact) mass is 530 g/mol. The maximum Gasteiger partial charge on any atom is 0.311 e. The summed E-state index contributed by atoms with van der Waals surface area (Å²) in [6, 6.07) is 3.66. The van der Waals surface area contributed by atoms with E-state index in [1.807, 2.05) is 12.1 Å². The Morgan fingerprint density at radius 3 is 1.24 bits per heavy atom. The highest BCUT2D eigenvalue weighted by Gasteiger charge is 2.27. The molecule has 0 saturated heterocycles. The normalized spacial score (nSPS) is 12.2. The van der Waals surface area contributed by atoms with E-state index in [1.54, 1.807) is 0 Å². The van der Waals surface area contributed by atoms with Gasteiger partial charge in [-0.3, -0.25) is 4.79 Å². The molecule has 0 radical (unpaired) electrons. The van der Waals surface area contributed by atoms with Crippen molar-refractivity contribution in [3.05, 3.63) is 23.3 Å². The first-order valence-corrected chi connectivity index (χ1v) is 16.1. The zero-order valence-electron chi connectivity index (χ0n) is 26.4. The number of carbonyl (C=O) groups is 1. The van der Waals surface area contributed by atoms with Gasteiger partial charge in [-0.2, -0.15) is 0 Å². The topological polar surface area (TPSA) is 46.5 Å². The Bertz CT molecular complexity index is 731. The molecule has 1 aromatic rings. The summed E-state index contributed by atoms with van der Waals surface area (Å²) in [5.74, 6) is 0.685. The first-order chi connectivity index (χ1) is 18.0. The minimum atomic E-state index is -0.236. The number of phenols is 1. The van der Waals surface area contributed by atoms with Crippen LogP contribution in [0.4, 0.5) is 0 Å². The standard InChI is InChI=1S/C35H62O3/c1-8-9-10-11-12-13-14-15-16-17-18-19-20-21-22-23-24-25-26-32(36)38-29-27-30(34(2,3)4)33(37)31(28-29)35(5,6)7/h27-28,37H,8-26H2,1-7H3. The fourth-order valence-corrected chi connectivity index (χ4v) is 5.16. The number of carbonyl (C=O) groups excluding carboxylic acids is 1. The van der Waals surface area contributed by atoms with Crippen molar-refractivity contribution < 1.29 is 14.6 Å². The third-order valence-corrected chi connectivity index (χ3v) is 7.67. The van der Waals surface area contributed by atoms with E-state index in [1.165, 1.54) is 103 Å². The number of hydrogen-bond acceptors (Lipinski definition) is 3. The molecular weight excluding hydrogens is 468 g/mol. The lowest BCUT2D eigenvalue weighted by atomic mass is 9.79. The lowest BCUT2D eigenvalue weighted by molar-refractivity contribution is -0.134. The van der Waals surface area contributed by atoms with Crippen molar-refractivity contribution in [1.29, 1.82) is 0 Å². The Hall–Kier alpha value is -1.51. The molecule has 0 aliphatic rings. The Labute approximate surface area is 236 Å². The third kappa shape index (κ3) is 15.2. The summed E-state index contributed by atoms with van der Waals surface area (Å²) in [4.78, 5) is 12.5. The molecule has 0 atom stereocenters.